The van der Waals surface area contributed by atoms with Crippen LogP contribution in [0, 0.1) is 24.4 Å². The zero-order valence-electron chi connectivity index (χ0n) is 10.4. The van der Waals surface area contributed by atoms with Gasteiger partial charge in [-0.3, -0.25) is 9.59 Å². The molecule has 0 unspecified atom stereocenters. The molecule has 0 bridgehead atoms. The highest BCUT2D eigenvalue weighted by Gasteiger charge is 2.25. The number of Topliss-reactive ketones (excluding diaryl/α,β-unsaturated/α-hetero) is 1. The summed E-state index contributed by atoms with van der Waals surface area (Å²) < 4.78 is 44.8. The summed E-state index contributed by atoms with van der Waals surface area (Å²) in [5.41, 5.74) is -2.45. The highest BCUT2D eigenvalue weighted by molar-refractivity contribution is 6.37. The molecule has 19 heavy (non-hydrogen) atoms. The molecule has 3 nitrogen and oxygen atoms in total. The first-order chi connectivity index (χ1) is 8.81. The van der Waals surface area contributed by atoms with Crippen LogP contribution in [0.5, 0.6) is 0 Å². The molecule has 100 valence electrons. The summed E-state index contributed by atoms with van der Waals surface area (Å²) >= 11 is 0. The van der Waals surface area contributed by atoms with E-state index in [4.69, 9.17) is 7.85 Å². The number of carbonyl (C=O) groups is 2. The zero-order valence-corrected chi connectivity index (χ0v) is 10.4. The standard InChI is InChI=1S/C12H10BF3O3/c1-3-19-7(18)4-6(17)8-9(13)12(16)11(15)5(2)10(8)14/h3-4H2,1-2H3. The molecule has 1 aromatic carbocycles. The second-order valence-corrected chi connectivity index (χ2v) is 3.76. The van der Waals surface area contributed by atoms with Crippen LogP contribution in [0.25, 0.3) is 0 Å². The summed E-state index contributed by atoms with van der Waals surface area (Å²) in [6.07, 6.45) is -0.792. The van der Waals surface area contributed by atoms with Gasteiger partial charge < -0.3 is 4.74 Å². The van der Waals surface area contributed by atoms with E-state index in [-0.39, 0.29) is 6.61 Å². The van der Waals surface area contributed by atoms with Crippen molar-refractivity contribution in [1.82, 2.24) is 0 Å². The van der Waals surface area contributed by atoms with Crippen molar-refractivity contribution in [2.45, 2.75) is 20.3 Å². The van der Waals surface area contributed by atoms with Crippen LogP contribution in [-0.2, 0) is 9.53 Å². The van der Waals surface area contributed by atoms with Crippen LogP contribution in [0.4, 0.5) is 13.2 Å². The van der Waals surface area contributed by atoms with Gasteiger partial charge in [0.1, 0.15) is 20.1 Å². The fourth-order valence-electron chi connectivity index (χ4n) is 1.50. The van der Waals surface area contributed by atoms with Crippen molar-refractivity contribution in [3.63, 3.8) is 0 Å². The summed E-state index contributed by atoms with van der Waals surface area (Å²) in [5, 5.41) is 0. The number of esters is 1. The first kappa shape index (κ1) is 15.3. The SMILES string of the molecule is [B]c1c(F)c(F)c(C)c(F)c1C(=O)CC(=O)OCC. The fourth-order valence-corrected chi connectivity index (χ4v) is 1.50. The van der Waals surface area contributed by atoms with Gasteiger partial charge in [0.2, 0.25) is 0 Å². The van der Waals surface area contributed by atoms with Crippen molar-refractivity contribution < 1.29 is 27.5 Å². The van der Waals surface area contributed by atoms with E-state index in [1.54, 1.807) is 0 Å². The molecular formula is C12H10BF3O3. The largest absolute Gasteiger partial charge is 0.466 e. The lowest BCUT2D eigenvalue weighted by atomic mass is 9.85. The van der Waals surface area contributed by atoms with Crippen molar-refractivity contribution in [3.8, 4) is 0 Å². The predicted molar refractivity (Wildman–Crippen MR) is 62.0 cm³/mol. The second kappa shape index (κ2) is 5.90. The number of ether oxygens (including phenoxy) is 1. The Bertz CT molecular complexity index is 515. The zero-order chi connectivity index (χ0) is 14.7. The van der Waals surface area contributed by atoms with Gasteiger partial charge in [0, 0.05) is 5.56 Å². The van der Waals surface area contributed by atoms with Gasteiger partial charge in [-0.15, -0.1) is 0 Å². The molecule has 0 aliphatic rings. The van der Waals surface area contributed by atoms with Gasteiger partial charge in [0.05, 0.1) is 12.2 Å². The molecule has 0 N–H and O–H groups in total. The number of hydrogen-bond donors (Lipinski definition) is 0. The molecule has 0 aliphatic carbocycles. The van der Waals surface area contributed by atoms with E-state index in [1.165, 1.54) is 6.92 Å². The Kier molecular flexibility index (Phi) is 4.75. The number of rotatable bonds is 4. The molecule has 0 aliphatic heterocycles. The van der Waals surface area contributed by atoms with Crippen molar-refractivity contribution in [2.75, 3.05) is 6.61 Å². The molecule has 0 atom stereocenters. The van der Waals surface area contributed by atoms with E-state index in [9.17, 15) is 22.8 Å². The Balaban J connectivity index is 3.21. The number of carbonyl (C=O) groups excluding carboxylic acids is 2. The maximum absolute atomic E-state index is 13.7. The van der Waals surface area contributed by atoms with E-state index >= 15 is 0 Å². The van der Waals surface area contributed by atoms with Gasteiger partial charge in [-0.05, 0) is 19.3 Å². The average molecular weight is 270 g/mol. The summed E-state index contributed by atoms with van der Waals surface area (Å²) in [6, 6.07) is 0. The van der Waals surface area contributed by atoms with Crippen LogP contribution >= 0.6 is 0 Å². The topological polar surface area (TPSA) is 43.4 Å². The van der Waals surface area contributed by atoms with Crippen LogP contribution in [0.1, 0.15) is 29.3 Å². The van der Waals surface area contributed by atoms with Crippen LogP contribution in [0.15, 0.2) is 0 Å². The lowest BCUT2D eigenvalue weighted by molar-refractivity contribution is -0.141. The molecule has 0 saturated carbocycles. The quantitative estimate of drug-likeness (QED) is 0.272. The van der Waals surface area contributed by atoms with Gasteiger partial charge in [0.25, 0.3) is 0 Å². The maximum atomic E-state index is 13.7. The summed E-state index contributed by atoms with van der Waals surface area (Å²) in [5.74, 6) is -6.19. The highest BCUT2D eigenvalue weighted by Crippen LogP contribution is 2.18. The Morgan fingerprint density at radius 3 is 2.26 bits per heavy atom. The van der Waals surface area contributed by atoms with E-state index in [0.717, 1.165) is 6.92 Å². The lowest BCUT2D eigenvalue weighted by Crippen LogP contribution is -2.26. The normalized spacial score (nSPS) is 10.4. The van der Waals surface area contributed by atoms with Gasteiger partial charge in [-0.1, -0.05) is 0 Å². The van der Waals surface area contributed by atoms with E-state index in [1.807, 2.05) is 0 Å². The molecule has 0 heterocycles. The molecule has 2 radical (unpaired) electrons. The molecule has 0 spiro atoms. The first-order valence-electron chi connectivity index (χ1n) is 5.42. The Labute approximate surface area is 109 Å². The summed E-state index contributed by atoms with van der Waals surface area (Å²) in [6.45, 7) is 2.54. The average Bonchev–Trinajstić information content (AvgIpc) is 2.34. The molecule has 1 aromatic rings. The van der Waals surface area contributed by atoms with Crippen LogP contribution in [-0.4, -0.2) is 26.2 Å². The van der Waals surface area contributed by atoms with Gasteiger partial charge >= 0.3 is 5.97 Å². The Morgan fingerprint density at radius 2 is 1.74 bits per heavy atom. The van der Waals surface area contributed by atoms with Crippen LogP contribution in [0.2, 0.25) is 0 Å². The van der Waals surface area contributed by atoms with Crippen molar-refractivity contribution in [1.29, 1.82) is 0 Å². The third-order valence-electron chi connectivity index (χ3n) is 2.47. The third kappa shape index (κ3) is 2.97. The molecule has 0 aromatic heterocycles. The molecule has 0 saturated heterocycles. The monoisotopic (exact) mass is 270 g/mol. The highest BCUT2D eigenvalue weighted by atomic mass is 19.2. The van der Waals surface area contributed by atoms with E-state index in [0.29, 0.717) is 0 Å². The molecule has 7 heteroatoms. The maximum Gasteiger partial charge on any atom is 0.313 e. The number of hydrogen-bond acceptors (Lipinski definition) is 3. The number of benzene rings is 1. The minimum absolute atomic E-state index is 0.0425. The Morgan fingerprint density at radius 1 is 1.16 bits per heavy atom. The van der Waals surface area contributed by atoms with E-state index < -0.39 is 52.2 Å². The molecule has 1 rings (SSSR count). The molecular weight excluding hydrogens is 260 g/mol. The van der Waals surface area contributed by atoms with Gasteiger partial charge in [-0.2, -0.15) is 0 Å². The fraction of sp³-hybridized carbons (Fsp3) is 0.333. The predicted octanol–water partition coefficient (Wildman–Crippen LogP) is 1.34. The third-order valence-corrected chi connectivity index (χ3v) is 2.47. The van der Waals surface area contributed by atoms with Crippen LogP contribution < -0.4 is 5.46 Å². The van der Waals surface area contributed by atoms with Crippen molar-refractivity contribution in [3.05, 3.63) is 28.6 Å². The molecule has 0 fully saturated rings. The van der Waals surface area contributed by atoms with E-state index in [2.05, 4.69) is 4.74 Å². The van der Waals surface area contributed by atoms with Crippen molar-refractivity contribution >= 4 is 25.1 Å². The van der Waals surface area contributed by atoms with Crippen LogP contribution in [0.3, 0.4) is 0 Å². The number of halogens is 3. The Hall–Kier alpha value is -1.79. The first-order valence-corrected chi connectivity index (χ1v) is 5.42. The minimum Gasteiger partial charge on any atom is -0.466 e. The minimum atomic E-state index is -1.51. The van der Waals surface area contributed by atoms with Crippen molar-refractivity contribution in [2.24, 2.45) is 0 Å². The van der Waals surface area contributed by atoms with Gasteiger partial charge in [-0.25, -0.2) is 13.2 Å². The summed E-state index contributed by atoms with van der Waals surface area (Å²) in [7, 11) is 5.18. The lowest BCUT2D eigenvalue weighted by Gasteiger charge is -2.11. The number of ketones is 1. The van der Waals surface area contributed by atoms with Gasteiger partial charge in [0.15, 0.2) is 17.4 Å². The smallest absolute Gasteiger partial charge is 0.313 e. The molecule has 0 amide bonds. The second-order valence-electron chi connectivity index (χ2n) is 3.76. The summed E-state index contributed by atoms with van der Waals surface area (Å²) in [4.78, 5) is 22.8.